The number of aliphatic hydroxyl groups excluding tert-OH is 1. The average Bonchev–Trinajstić information content (AvgIpc) is 3.29. The van der Waals surface area contributed by atoms with E-state index in [1.165, 1.54) is 23.6 Å². The summed E-state index contributed by atoms with van der Waals surface area (Å²) in [4.78, 5) is 5.32. The van der Waals surface area contributed by atoms with Crippen LogP contribution < -0.4 is 5.14 Å². The third-order valence-electron chi connectivity index (χ3n) is 5.37. The van der Waals surface area contributed by atoms with E-state index < -0.39 is 23.9 Å². The van der Waals surface area contributed by atoms with Crippen LogP contribution in [0.5, 0.6) is 0 Å². The summed E-state index contributed by atoms with van der Waals surface area (Å²) in [5, 5.41) is 25.4. The monoisotopic (exact) mass is 544 g/mol. The highest BCUT2D eigenvalue weighted by Gasteiger charge is 2.54. The summed E-state index contributed by atoms with van der Waals surface area (Å²) in [6.07, 6.45) is 2.75. The van der Waals surface area contributed by atoms with Crippen molar-refractivity contribution in [3.8, 4) is 11.3 Å². The van der Waals surface area contributed by atoms with E-state index in [4.69, 9.17) is 11.6 Å². The molecule has 0 saturated carbocycles. The van der Waals surface area contributed by atoms with Crippen molar-refractivity contribution in [1.82, 2.24) is 4.98 Å². The van der Waals surface area contributed by atoms with E-state index in [2.05, 4.69) is 29.0 Å². The Hall–Kier alpha value is -1.88. The zero-order chi connectivity index (χ0) is 26.2. The van der Waals surface area contributed by atoms with Gasteiger partial charge in [-0.25, -0.2) is 0 Å². The molecule has 10 heteroatoms. The maximum absolute atomic E-state index is 13.4. The van der Waals surface area contributed by atoms with Crippen LogP contribution in [0.1, 0.15) is 37.1 Å². The summed E-state index contributed by atoms with van der Waals surface area (Å²) in [7, 11) is 0. The summed E-state index contributed by atoms with van der Waals surface area (Å²) >= 11 is 10.9. The Morgan fingerprint density at radius 1 is 1.17 bits per heavy atom. The number of aliphatic hydroxyl groups is 2. The lowest BCUT2D eigenvalue weighted by Gasteiger charge is -2.29. The van der Waals surface area contributed by atoms with Gasteiger partial charge in [0.25, 0.3) is 0 Å². The summed E-state index contributed by atoms with van der Waals surface area (Å²) < 4.78 is 41.0. The van der Waals surface area contributed by atoms with Crippen LogP contribution in [0.4, 0.5) is 13.2 Å². The van der Waals surface area contributed by atoms with Gasteiger partial charge in [-0.05, 0) is 47.6 Å². The van der Waals surface area contributed by atoms with E-state index >= 15 is 0 Å². The smallest absolute Gasteiger partial charge is 0.393 e. The predicted molar refractivity (Wildman–Crippen MR) is 142 cm³/mol. The van der Waals surface area contributed by atoms with Crippen LogP contribution in [0, 0.1) is 0 Å². The van der Waals surface area contributed by atoms with Crippen LogP contribution >= 0.6 is 35.8 Å². The highest BCUT2D eigenvalue weighted by atomic mass is 35.5. The molecule has 3 aromatic rings. The first-order chi connectivity index (χ1) is 16.7. The normalized spacial score (nSPS) is 15.1. The van der Waals surface area contributed by atoms with Crippen LogP contribution in [0.15, 0.2) is 65.4 Å². The molecule has 190 valence electrons. The number of hydrogen-bond donors (Lipinski definition) is 4. The number of benzene rings is 1. The third-order valence-corrected chi connectivity index (χ3v) is 6.98. The summed E-state index contributed by atoms with van der Waals surface area (Å²) in [6.45, 7) is 2.52. The number of hydrogen-bond acceptors (Lipinski definition) is 6. The number of allylic oxidation sites excluding steroid dienone is 4. The molecule has 4 N–H and O–H groups in total. The van der Waals surface area contributed by atoms with Gasteiger partial charge in [-0.3, -0.25) is 10.1 Å². The number of halogens is 4. The molecule has 4 nitrogen and oxygen atoms in total. The van der Waals surface area contributed by atoms with Crippen molar-refractivity contribution >= 4 is 45.8 Å². The SMILES string of the molecule is CC.NS.OCC(O)(c1ccnc(-c2cccc3cc(CC4=C(Cl)CCC=C4)sc23)c1)C(F)(F)F. The first-order valence-electron chi connectivity index (χ1n) is 10.9. The van der Waals surface area contributed by atoms with Gasteiger partial charge in [0.05, 0.1) is 12.3 Å². The van der Waals surface area contributed by atoms with Crippen molar-refractivity contribution in [3.63, 3.8) is 0 Å². The van der Waals surface area contributed by atoms with Crippen LogP contribution in [-0.4, -0.2) is 28.0 Å². The predicted octanol–water partition coefficient (Wildman–Crippen LogP) is 6.91. The highest BCUT2D eigenvalue weighted by molar-refractivity contribution is 7.77. The molecule has 0 fully saturated rings. The van der Waals surface area contributed by atoms with E-state index in [1.807, 2.05) is 38.1 Å². The number of thiophene rings is 1. The van der Waals surface area contributed by atoms with E-state index in [0.717, 1.165) is 44.5 Å². The van der Waals surface area contributed by atoms with Crippen LogP contribution in [0.25, 0.3) is 21.3 Å². The number of aromatic nitrogens is 1. The van der Waals surface area contributed by atoms with Gasteiger partial charge in [0.2, 0.25) is 5.60 Å². The van der Waals surface area contributed by atoms with Crippen molar-refractivity contribution in [2.24, 2.45) is 5.14 Å². The number of pyridine rings is 1. The lowest BCUT2D eigenvalue weighted by Crippen LogP contribution is -2.45. The molecule has 0 saturated heterocycles. The number of thiol groups is 1. The minimum absolute atomic E-state index is 0.294. The van der Waals surface area contributed by atoms with Crippen molar-refractivity contribution in [2.45, 2.75) is 44.9 Å². The molecule has 2 aromatic heterocycles. The largest absolute Gasteiger partial charge is 0.423 e. The minimum Gasteiger partial charge on any atom is -0.393 e. The second-order valence-electron chi connectivity index (χ2n) is 7.43. The summed E-state index contributed by atoms with van der Waals surface area (Å²) in [5.41, 5.74) is -1.78. The Kier molecular flexibility index (Phi) is 10.8. The van der Waals surface area contributed by atoms with Gasteiger partial charge in [-0.2, -0.15) is 13.2 Å². The Labute approximate surface area is 217 Å². The fourth-order valence-corrected chi connectivity index (χ4v) is 5.06. The fourth-order valence-electron chi connectivity index (χ4n) is 3.61. The molecule has 0 radical (unpaired) electrons. The zero-order valence-corrected chi connectivity index (χ0v) is 21.8. The van der Waals surface area contributed by atoms with Gasteiger partial charge in [-0.15, -0.1) is 24.2 Å². The molecule has 35 heavy (non-hydrogen) atoms. The van der Waals surface area contributed by atoms with E-state index in [9.17, 15) is 23.4 Å². The molecule has 1 aliphatic carbocycles. The van der Waals surface area contributed by atoms with Crippen molar-refractivity contribution in [3.05, 3.63) is 75.8 Å². The number of nitrogens with zero attached hydrogens (tertiary/aromatic N) is 1. The second kappa shape index (κ2) is 12.9. The van der Waals surface area contributed by atoms with E-state index in [0.29, 0.717) is 17.7 Å². The lowest BCUT2D eigenvalue weighted by atomic mass is 9.93. The molecule has 0 bridgehead atoms. The highest BCUT2D eigenvalue weighted by Crippen LogP contribution is 2.41. The summed E-state index contributed by atoms with van der Waals surface area (Å²) in [5.74, 6) is 0. The standard InChI is InChI=1S/C23H19ClF3NO2S.C2H6.H3NS/c24-19-7-2-1-4-14(19)10-17-11-15-5-3-6-18(21(15)31-17)20-12-16(8-9-28-20)22(30,13-29)23(25,26)27;2*1-2/h1,3-6,8-9,11-12,29-30H,2,7,10,13H2;1-2H3;2H,1H2. The van der Waals surface area contributed by atoms with Gasteiger partial charge in [0.1, 0.15) is 0 Å². The Bertz CT molecular complexity index is 1190. The minimum atomic E-state index is -5.02. The molecule has 0 spiro atoms. The Morgan fingerprint density at radius 2 is 1.89 bits per heavy atom. The molecule has 0 amide bonds. The van der Waals surface area contributed by atoms with Gasteiger partial charge in [0, 0.05) is 32.8 Å². The molecular formula is C25H28ClF3N2O2S2. The van der Waals surface area contributed by atoms with Crippen LogP contribution in [-0.2, 0) is 12.0 Å². The molecule has 0 aliphatic heterocycles. The average molecular weight is 545 g/mol. The van der Waals surface area contributed by atoms with Crippen LogP contribution in [0.3, 0.4) is 0 Å². The van der Waals surface area contributed by atoms with Crippen LogP contribution in [0.2, 0.25) is 0 Å². The maximum Gasteiger partial charge on any atom is 0.423 e. The number of fused-ring (bicyclic) bond motifs is 1. The maximum atomic E-state index is 13.4. The fraction of sp³-hybridized carbons (Fsp3) is 0.320. The Balaban J connectivity index is 0.00000103. The van der Waals surface area contributed by atoms with Crippen molar-refractivity contribution < 1.29 is 23.4 Å². The van der Waals surface area contributed by atoms with Gasteiger partial charge in [-0.1, -0.05) is 55.8 Å². The molecule has 1 atom stereocenters. The lowest BCUT2D eigenvalue weighted by molar-refractivity contribution is -0.277. The molecule has 1 unspecified atom stereocenters. The summed E-state index contributed by atoms with van der Waals surface area (Å²) in [6, 6.07) is 9.84. The number of alkyl halides is 3. The quantitative estimate of drug-likeness (QED) is 0.263. The van der Waals surface area contributed by atoms with E-state index in [1.54, 1.807) is 6.07 Å². The van der Waals surface area contributed by atoms with Gasteiger partial charge >= 0.3 is 6.18 Å². The molecule has 4 rings (SSSR count). The Morgan fingerprint density at radius 3 is 2.51 bits per heavy atom. The number of rotatable bonds is 5. The second-order valence-corrected chi connectivity index (χ2v) is 9.02. The van der Waals surface area contributed by atoms with Crippen molar-refractivity contribution in [2.75, 3.05) is 6.61 Å². The number of nitrogens with two attached hydrogens (primary N) is 1. The molecular weight excluding hydrogens is 517 g/mol. The van der Waals surface area contributed by atoms with E-state index in [-0.39, 0.29) is 0 Å². The molecule has 1 aromatic carbocycles. The van der Waals surface area contributed by atoms with Crippen molar-refractivity contribution in [1.29, 1.82) is 0 Å². The topological polar surface area (TPSA) is 79.4 Å². The molecule has 2 heterocycles. The third kappa shape index (κ3) is 6.47. The van der Waals surface area contributed by atoms with Gasteiger partial charge < -0.3 is 10.2 Å². The first kappa shape index (κ1) is 29.4. The van der Waals surface area contributed by atoms with Gasteiger partial charge in [0.15, 0.2) is 0 Å². The molecule has 1 aliphatic rings. The first-order valence-corrected chi connectivity index (χ1v) is 12.6. The zero-order valence-electron chi connectivity index (χ0n) is 19.3.